The molecule has 2 spiro atoms. The number of ether oxygens (including phenoxy) is 4. The van der Waals surface area contributed by atoms with Gasteiger partial charge in [0.15, 0.2) is 22.6 Å². The van der Waals surface area contributed by atoms with E-state index < -0.39 is 75.1 Å². The summed E-state index contributed by atoms with van der Waals surface area (Å²) >= 11 is 0. The number of aliphatic hydroxyl groups is 1. The van der Waals surface area contributed by atoms with E-state index in [0.29, 0.717) is 19.3 Å². The van der Waals surface area contributed by atoms with Crippen LogP contribution in [0.2, 0.25) is 0 Å². The lowest BCUT2D eigenvalue weighted by atomic mass is 9.46. The van der Waals surface area contributed by atoms with Crippen LogP contribution in [-0.4, -0.2) is 63.9 Å². The molecule has 37 heavy (non-hydrogen) atoms. The number of fused-ring (bicyclic) bond motifs is 5. The fourth-order valence-electron chi connectivity index (χ4n) is 9.98. The van der Waals surface area contributed by atoms with Crippen molar-refractivity contribution in [2.45, 2.75) is 81.6 Å². The number of esters is 2. The van der Waals surface area contributed by atoms with Gasteiger partial charge in [-0.05, 0) is 56.4 Å². The molecule has 0 aromatic rings. The van der Waals surface area contributed by atoms with Crippen molar-refractivity contribution in [2.24, 2.45) is 34.5 Å². The number of allylic oxidation sites excluding steroid dienone is 4. The average Bonchev–Trinajstić information content (AvgIpc) is 3.16. The van der Waals surface area contributed by atoms with E-state index in [2.05, 4.69) is 0 Å². The highest BCUT2D eigenvalue weighted by atomic mass is 16.8. The molecule has 9 heteroatoms. The van der Waals surface area contributed by atoms with Gasteiger partial charge in [-0.3, -0.25) is 14.4 Å². The zero-order valence-corrected chi connectivity index (χ0v) is 21.1. The van der Waals surface area contributed by atoms with E-state index in [1.165, 1.54) is 0 Å². The highest BCUT2D eigenvalue weighted by Crippen LogP contribution is 2.75. The highest BCUT2D eigenvalue weighted by Gasteiger charge is 2.93. The van der Waals surface area contributed by atoms with Crippen molar-refractivity contribution in [1.82, 2.24) is 0 Å². The normalized spacial score (nSPS) is 58.5. The molecule has 0 aromatic carbocycles. The predicted molar refractivity (Wildman–Crippen MR) is 122 cm³/mol. The van der Waals surface area contributed by atoms with Crippen molar-refractivity contribution in [3.05, 3.63) is 23.8 Å². The molecule has 8 rings (SSSR count). The van der Waals surface area contributed by atoms with Crippen molar-refractivity contribution in [3.8, 4) is 0 Å². The van der Waals surface area contributed by atoms with E-state index in [1.807, 2.05) is 32.1 Å². The first-order valence-corrected chi connectivity index (χ1v) is 13.4. The third kappa shape index (κ3) is 1.97. The van der Waals surface area contributed by atoms with Crippen molar-refractivity contribution in [2.75, 3.05) is 6.61 Å². The number of carbonyl (C=O) groups excluding carboxylic acids is 4. The third-order valence-corrected chi connectivity index (χ3v) is 11.9. The number of hydrogen-bond acceptors (Lipinski definition) is 9. The SMILES string of the molecule is CC12C(=O)CC=CC1=CCC1C2CCC2(O)C(=O)OC3(C)C4CC5(C)C(COC16OC23C5C6=O)C(=O)O4. The molecule has 0 aromatic heterocycles. The lowest BCUT2D eigenvalue weighted by Crippen LogP contribution is -2.79. The Bertz CT molecular complexity index is 1300. The molecular weight excluding hydrogens is 480 g/mol. The minimum Gasteiger partial charge on any atom is -0.458 e. The lowest BCUT2D eigenvalue weighted by molar-refractivity contribution is -0.373. The monoisotopic (exact) mass is 510 g/mol. The standard InChI is InChI=1S/C28H30O9/c1-23-11-18-25(3)28-19(23)20(30)27(37-28,34-12-16(23)21(31)35-18)15-8-7-13-5-4-6-17(29)24(13,2)14(15)9-10-26(28,33)22(32)36-25/h4-5,7,14-16,18-19,33H,6,8-12H2,1-3H3. The fourth-order valence-corrected chi connectivity index (χ4v) is 9.98. The first kappa shape index (κ1) is 22.6. The molecule has 5 bridgehead atoms. The van der Waals surface area contributed by atoms with Crippen molar-refractivity contribution in [1.29, 1.82) is 0 Å². The summed E-state index contributed by atoms with van der Waals surface area (Å²) < 4.78 is 25.1. The van der Waals surface area contributed by atoms with Crippen LogP contribution in [-0.2, 0) is 38.1 Å². The summed E-state index contributed by atoms with van der Waals surface area (Å²) in [6.45, 7) is 5.29. The van der Waals surface area contributed by atoms with E-state index in [9.17, 15) is 24.3 Å². The van der Waals surface area contributed by atoms with Crippen LogP contribution < -0.4 is 0 Å². The first-order valence-electron chi connectivity index (χ1n) is 13.4. The van der Waals surface area contributed by atoms with Gasteiger partial charge in [0.2, 0.25) is 5.79 Å². The number of Topliss-reactive ketones (excluding diaryl/α,β-unsaturated/α-hetero) is 2. The van der Waals surface area contributed by atoms with Crippen LogP contribution >= 0.6 is 0 Å². The maximum atomic E-state index is 14.8. The Balaban J connectivity index is 1.44. The molecule has 0 amide bonds. The summed E-state index contributed by atoms with van der Waals surface area (Å²) in [6.07, 6.45) is 6.20. The van der Waals surface area contributed by atoms with Crippen LogP contribution in [0.4, 0.5) is 0 Å². The molecule has 0 radical (unpaired) electrons. The zero-order valence-electron chi connectivity index (χ0n) is 21.1. The number of hydrogen-bond donors (Lipinski definition) is 1. The Labute approximate surface area is 213 Å². The molecule has 8 aliphatic rings. The van der Waals surface area contributed by atoms with Gasteiger partial charge in [0.05, 0.1) is 23.9 Å². The van der Waals surface area contributed by atoms with Crippen LogP contribution in [0, 0.1) is 34.5 Å². The van der Waals surface area contributed by atoms with Gasteiger partial charge in [0.1, 0.15) is 11.9 Å². The molecule has 9 nitrogen and oxygen atoms in total. The van der Waals surface area contributed by atoms with E-state index in [4.69, 9.17) is 18.9 Å². The van der Waals surface area contributed by atoms with Crippen LogP contribution in [0.5, 0.6) is 0 Å². The van der Waals surface area contributed by atoms with Gasteiger partial charge in [-0.2, -0.15) is 0 Å². The van der Waals surface area contributed by atoms with Crippen molar-refractivity contribution in [3.63, 3.8) is 0 Å². The van der Waals surface area contributed by atoms with Crippen LogP contribution in [0.25, 0.3) is 0 Å². The molecule has 5 aliphatic heterocycles. The molecule has 5 heterocycles. The molecular formula is C28H30O9. The minimum atomic E-state index is -2.17. The summed E-state index contributed by atoms with van der Waals surface area (Å²) in [7, 11) is 0. The summed E-state index contributed by atoms with van der Waals surface area (Å²) in [5, 5.41) is 12.4. The molecule has 196 valence electrons. The van der Waals surface area contributed by atoms with Gasteiger partial charge in [-0.15, -0.1) is 0 Å². The molecule has 1 saturated carbocycles. The second-order valence-corrected chi connectivity index (χ2v) is 13.0. The zero-order chi connectivity index (χ0) is 26.0. The van der Waals surface area contributed by atoms with Crippen LogP contribution in [0.15, 0.2) is 23.8 Å². The maximum absolute atomic E-state index is 14.8. The molecule has 11 atom stereocenters. The number of rotatable bonds is 0. The smallest absolute Gasteiger partial charge is 0.342 e. The van der Waals surface area contributed by atoms with E-state index in [0.717, 1.165) is 5.57 Å². The Kier molecular flexibility index (Phi) is 3.73. The summed E-state index contributed by atoms with van der Waals surface area (Å²) in [6, 6.07) is 0. The summed E-state index contributed by atoms with van der Waals surface area (Å²) in [4.78, 5) is 55.3. The van der Waals surface area contributed by atoms with Crippen LogP contribution in [0.3, 0.4) is 0 Å². The summed E-state index contributed by atoms with van der Waals surface area (Å²) in [5.74, 6) is -6.26. The van der Waals surface area contributed by atoms with Crippen molar-refractivity contribution >= 4 is 23.5 Å². The van der Waals surface area contributed by atoms with Gasteiger partial charge in [-0.25, -0.2) is 4.79 Å². The van der Waals surface area contributed by atoms with E-state index in [1.54, 1.807) is 6.92 Å². The Morgan fingerprint density at radius 3 is 2.65 bits per heavy atom. The van der Waals surface area contributed by atoms with Gasteiger partial charge < -0.3 is 24.1 Å². The van der Waals surface area contributed by atoms with Gasteiger partial charge in [0, 0.05) is 12.3 Å². The molecule has 1 N–H and O–H groups in total. The fraction of sp³-hybridized carbons (Fsp3) is 0.714. The third-order valence-electron chi connectivity index (χ3n) is 11.9. The second kappa shape index (κ2) is 6.10. The summed E-state index contributed by atoms with van der Waals surface area (Å²) in [5.41, 5.74) is -6.52. The molecule has 3 aliphatic carbocycles. The average molecular weight is 511 g/mol. The Hall–Kier alpha value is -2.36. The van der Waals surface area contributed by atoms with Crippen LogP contribution in [0.1, 0.15) is 52.9 Å². The largest absolute Gasteiger partial charge is 0.458 e. The van der Waals surface area contributed by atoms with Crippen molar-refractivity contribution < 1.29 is 43.2 Å². The molecule has 6 fully saturated rings. The topological polar surface area (TPSA) is 125 Å². The molecule has 11 unspecified atom stereocenters. The second-order valence-electron chi connectivity index (χ2n) is 13.0. The van der Waals surface area contributed by atoms with Gasteiger partial charge in [-0.1, -0.05) is 25.2 Å². The Morgan fingerprint density at radius 1 is 1.08 bits per heavy atom. The Morgan fingerprint density at radius 2 is 1.86 bits per heavy atom. The minimum absolute atomic E-state index is 0.0254. The quantitative estimate of drug-likeness (QED) is 0.483. The number of ketones is 2. The van der Waals surface area contributed by atoms with E-state index in [-0.39, 0.29) is 31.0 Å². The number of carbonyl (C=O) groups is 4. The van der Waals surface area contributed by atoms with Gasteiger partial charge >= 0.3 is 11.9 Å². The molecule has 5 saturated heterocycles. The maximum Gasteiger partial charge on any atom is 0.342 e. The van der Waals surface area contributed by atoms with Gasteiger partial charge in [0.25, 0.3) is 0 Å². The predicted octanol–water partition coefficient (Wildman–Crippen LogP) is 1.56. The highest BCUT2D eigenvalue weighted by molar-refractivity contribution is 5.99. The lowest BCUT2D eigenvalue weighted by Gasteiger charge is -2.63. The first-order chi connectivity index (χ1) is 17.4. The van der Waals surface area contributed by atoms with E-state index >= 15 is 0 Å².